The van der Waals surface area contributed by atoms with E-state index in [0.29, 0.717) is 48.9 Å². The minimum atomic E-state index is -1.05. The van der Waals surface area contributed by atoms with Crippen LogP contribution < -0.4 is 14.2 Å². The molecular formula is C26H25FO7. The van der Waals surface area contributed by atoms with Crippen LogP contribution in [-0.4, -0.2) is 42.3 Å². The highest BCUT2D eigenvalue weighted by molar-refractivity contribution is 6.11. The monoisotopic (exact) mass is 468 g/mol. The molecule has 8 heteroatoms. The number of hydrogen-bond acceptors (Lipinski definition) is 6. The Kier molecular flexibility index (Phi) is 8.08. The molecule has 0 bridgehead atoms. The lowest BCUT2D eigenvalue weighted by molar-refractivity contribution is 0.0696. The molecule has 3 rings (SSSR count). The van der Waals surface area contributed by atoms with E-state index in [9.17, 15) is 19.1 Å². The van der Waals surface area contributed by atoms with Gasteiger partial charge in [-0.2, -0.15) is 0 Å². The highest BCUT2D eigenvalue weighted by atomic mass is 19.1. The molecule has 0 unspecified atom stereocenters. The molecule has 0 radical (unpaired) electrons. The molecule has 0 atom stereocenters. The van der Waals surface area contributed by atoms with Crippen LogP contribution in [0, 0.1) is 12.7 Å². The first-order chi connectivity index (χ1) is 16.3. The lowest BCUT2D eigenvalue weighted by Crippen LogP contribution is -2.06. The maximum Gasteiger partial charge on any atom is 0.335 e. The minimum Gasteiger partial charge on any atom is -0.507 e. The van der Waals surface area contributed by atoms with Crippen LogP contribution in [0.25, 0.3) is 0 Å². The third-order valence-electron chi connectivity index (χ3n) is 5.20. The van der Waals surface area contributed by atoms with Gasteiger partial charge in [0.05, 0.1) is 31.5 Å². The summed E-state index contributed by atoms with van der Waals surface area (Å²) in [5.74, 6) is -0.839. The zero-order valence-electron chi connectivity index (χ0n) is 18.8. The predicted octanol–water partition coefficient (Wildman–Crippen LogP) is 5.02. The van der Waals surface area contributed by atoms with Gasteiger partial charge in [-0.25, -0.2) is 9.18 Å². The number of carboxylic acid groups (broad SMARTS) is 1. The van der Waals surface area contributed by atoms with Crippen LogP contribution in [0.1, 0.15) is 44.7 Å². The number of aromatic carboxylic acids is 1. The molecule has 34 heavy (non-hydrogen) atoms. The largest absolute Gasteiger partial charge is 0.507 e. The van der Waals surface area contributed by atoms with E-state index >= 15 is 0 Å². The van der Waals surface area contributed by atoms with Gasteiger partial charge in [-0.3, -0.25) is 4.79 Å². The van der Waals surface area contributed by atoms with Crippen molar-refractivity contribution in [3.63, 3.8) is 0 Å². The van der Waals surface area contributed by atoms with Crippen molar-refractivity contribution in [3.05, 3.63) is 82.7 Å². The number of ether oxygens (including phenoxy) is 3. The van der Waals surface area contributed by atoms with Crippen molar-refractivity contribution < 1.29 is 38.4 Å². The van der Waals surface area contributed by atoms with Gasteiger partial charge in [0.15, 0.2) is 17.3 Å². The molecule has 0 fully saturated rings. The molecule has 3 aromatic carbocycles. The minimum absolute atomic E-state index is 0.107. The van der Waals surface area contributed by atoms with Crippen molar-refractivity contribution in [2.45, 2.75) is 19.8 Å². The Balaban J connectivity index is 1.52. The van der Waals surface area contributed by atoms with Gasteiger partial charge >= 0.3 is 5.97 Å². The van der Waals surface area contributed by atoms with Crippen LogP contribution >= 0.6 is 0 Å². The summed E-state index contributed by atoms with van der Waals surface area (Å²) in [7, 11) is 1.48. The number of ketones is 1. The van der Waals surface area contributed by atoms with Crippen LogP contribution in [0.4, 0.5) is 4.39 Å². The van der Waals surface area contributed by atoms with E-state index in [1.165, 1.54) is 49.6 Å². The van der Waals surface area contributed by atoms with E-state index in [1.807, 2.05) is 0 Å². The number of phenols is 1. The Morgan fingerprint density at radius 1 is 0.853 bits per heavy atom. The molecule has 0 aliphatic rings. The molecule has 0 heterocycles. The fourth-order valence-corrected chi connectivity index (χ4v) is 3.27. The summed E-state index contributed by atoms with van der Waals surface area (Å²) >= 11 is 0. The molecular weight excluding hydrogens is 443 g/mol. The summed E-state index contributed by atoms with van der Waals surface area (Å²) in [6.07, 6.45) is 1.27. The number of phenolic OH excluding ortho intramolecular Hbond substituents is 1. The van der Waals surface area contributed by atoms with Crippen molar-refractivity contribution in [1.29, 1.82) is 0 Å². The van der Waals surface area contributed by atoms with Crippen LogP contribution in [0.15, 0.2) is 54.6 Å². The van der Waals surface area contributed by atoms with Crippen molar-refractivity contribution >= 4 is 11.8 Å². The van der Waals surface area contributed by atoms with Gasteiger partial charge in [0.1, 0.15) is 17.3 Å². The second-order valence-electron chi connectivity index (χ2n) is 7.50. The molecule has 0 aromatic heterocycles. The van der Waals surface area contributed by atoms with Crippen LogP contribution in [0.3, 0.4) is 0 Å². The number of carbonyl (C=O) groups is 2. The lowest BCUT2D eigenvalue weighted by atomic mass is 10.00. The van der Waals surface area contributed by atoms with E-state index in [-0.39, 0.29) is 22.4 Å². The molecule has 0 aliphatic carbocycles. The standard InChI is InChI=1S/C26H25FO7/c1-16-21(12-10-20(24(16)28)25(29)17-5-8-19(27)9-6-17)33-13-3-4-14-34-23-15-18(26(30)31)7-11-22(23)32-2/h5-12,15,28H,3-4,13-14H2,1-2H3,(H,30,31). The van der Waals surface area contributed by atoms with Gasteiger partial charge in [0.25, 0.3) is 0 Å². The Hall–Kier alpha value is -4.07. The molecule has 0 saturated heterocycles. The van der Waals surface area contributed by atoms with Crippen molar-refractivity contribution in [3.8, 4) is 23.0 Å². The average molecular weight is 468 g/mol. The van der Waals surface area contributed by atoms with E-state index < -0.39 is 17.6 Å². The highest BCUT2D eigenvalue weighted by Crippen LogP contribution is 2.32. The van der Waals surface area contributed by atoms with Gasteiger partial charge < -0.3 is 24.4 Å². The Morgan fingerprint density at radius 2 is 1.44 bits per heavy atom. The third-order valence-corrected chi connectivity index (χ3v) is 5.20. The highest BCUT2D eigenvalue weighted by Gasteiger charge is 2.18. The summed E-state index contributed by atoms with van der Waals surface area (Å²) in [4.78, 5) is 23.8. The maximum absolute atomic E-state index is 13.1. The smallest absolute Gasteiger partial charge is 0.335 e. The zero-order valence-corrected chi connectivity index (χ0v) is 18.8. The quantitative estimate of drug-likeness (QED) is 0.301. The summed E-state index contributed by atoms with van der Waals surface area (Å²) in [5, 5.41) is 19.6. The van der Waals surface area contributed by atoms with Gasteiger partial charge in [0, 0.05) is 11.1 Å². The number of carboxylic acids is 1. The average Bonchev–Trinajstić information content (AvgIpc) is 2.83. The fourth-order valence-electron chi connectivity index (χ4n) is 3.27. The predicted molar refractivity (Wildman–Crippen MR) is 123 cm³/mol. The molecule has 7 nitrogen and oxygen atoms in total. The fraction of sp³-hybridized carbons (Fsp3) is 0.231. The van der Waals surface area contributed by atoms with Crippen molar-refractivity contribution in [1.82, 2.24) is 0 Å². The molecule has 2 N–H and O–H groups in total. The first-order valence-electron chi connectivity index (χ1n) is 10.6. The lowest BCUT2D eigenvalue weighted by Gasteiger charge is -2.14. The van der Waals surface area contributed by atoms with Crippen LogP contribution in [0.2, 0.25) is 0 Å². The summed E-state index contributed by atoms with van der Waals surface area (Å²) in [6.45, 7) is 2.33. The first-order valence-corrected chi connectivity index (χ1v) is 10.6. The van der Waals surface area contributed by atoms with Crippen molar-refractivity contribution in [2.75, 3.05) is 20.3 Å². The number of rotatable bonds is 11. The molecule has 0 amide bonds. The number of aromatic hydroxyl groups is 1. The van der Waals surface area contributed by atoms with E-state index in [1.54, 1.807) is 19.1 Å². The summed E-state index contributed by atoms with van der Waals surface area (Å²) in [6, 6.07) is 12.6. The number of hydrogen-bond donors (Lipinski definition) is 2. The number of carbonyl (C=O) groups excluding carboxylic acids is 1. The van der Waals surface area contributed by atoms with Gasteiger partial charge in [-0.15, -0.1) is 0 Å². The van der Waals surface area contributed by atoms with Crippen molar-refractivity contribution in [2.24, 2.45) is 0 Å². The van der Waals surface area contributed by atoms with Gasteiger partial charge in [-0.05, 0) is 74.4 Å². The number of unbranched alkanes of at least 4 members (excludes halogenated alkanes) is 1. The maximum atomic E-state index is 13.1. The van der Waals surface area contributed by atoms with E-state index in [0.717, 1.165) is 0 Å². The topological polar surface area (TPSA) is 102 Å². The SMILES string of the molecule is COc1ccc(C(=O)O)cc1OCCCCOc1ccc(C(=O)c2ccc(F)cc2)c(O)c1C. The number of benzene rings is 3. The summed E-state index contributed by atoms with van der Waals surface area (Å²) in [5.41, 5.74) is 0.924. The van der Waals surface area contributed by atoms with Gasteiger partial charge in [-0.1, -0.05) is 0 Å². The van der Waals surface area contributed by atoms with E-state index in [2.05, 4.69) is 0 Å². The molecule has 0 aliphatic heterocycles. The third kappa shape index (κ3) is 5.83. The number of methoxy groups -OCH3 is 1. The molecule has 3 aromatic rings. The zero-order chi connectivity index (χ0) is 24.7. The Morgan fingerprint density at radius 3 is 2.06 bits per heavy atom. The first kappa shape index (κ1) is 24.6. The van der Waals surface area contributed by atoms with Gasteiger partial charge in [0.2, 0.25) is 0 Å². The molecule has 0 saturated carbocycles. The Bertz CT molecular complexity index is 1170. The second kappa shape index (κ2) is 11.2. The Labute approximate surface area is 196 Å². The number of halogens is 1. The van der Waals surface area contributed by atoms with Crippen LogP contribution in [0.5, 0.6) is 23.0 Å². The molecule has 0 spiro atoms. The normalized spacial score (nSPS) is 10.6. The summed E-state index contributed by atoms with van der Waals surface area (Å²) < 4.78 is 29.7. The van der Waals surface area contributed by atoms with Crippen LogP contribution in [-0.2, 0) is 0 Å². The van der Waals surface area contributed by atoms with E-state index in [4.69, 9.17) is 19.3 Å². The second-order valence-corrected chi connectivity index (χ2v) is 7.50. The molecule has 178 valence electrons.